The van der Waals surface area contributed by atoms with Crippen molar-refractivity contribution in [3.8, 4) is 6.19 Å². The summed E-state index contributed by atoms with van der Waals surface area (Å²) in [6.45, 7) is 9.37. The normalized spacial score (nSPS) is 10.6. The predicted octanol–water partition coefficient (Wildman–Crippen LogP) is 1.62. The van der Waals surface area contributed by atoms with Gasteiger partial charge in [0.15, 0.2) is 14.4 Å². The van der Waals surface area contributed by atoms with Gasteiger partial charge in [-0.1, -0.05) is 19.6 Å². The molecule has 0 aliphatic heterocycles. The SMILES string of the molecule is CCN(C#N)[Si](C)(C)C. The van der Waals surface area contributed by atoms with Gasteiger partial charge in [0.05, 0.1) is 0 Å². The van der Waals surface area contributed by atoms with Crippen molar-refractivity contribution >= 4 is 8.24 Å². The van der Waals surface area contributed by atoms with E-state index in [0.29, 0.717) is 0 Å². The molecule has 0 rings (SSSR count). The molecule has 0 aliphatic rings. The molecule has 0 fully saturated rings. The highest BCUT2D eigenvalue weighted by Gasteiger charge is 2.20. The van der Waals surface area contributed by atoms with E-state index in [0.717, 1.165) is 6.54 Å². The Hall–Kier alpha value is -0.493. The number of nitriles is 1. The van der Waals surface area contributed by atoms with Gasteiger partial charge in [0.1, 0.15) is 0 Å². The average molecular weight is 142 g/mol. The second-order valence-electron chi connectivity index (χ2n) is 3.02. The smallest absolute Gasteiger partial charge is 0.170 e. The predicted molar refractivity (Wildman–Crippen MR) is 41.3 cm³/mol. The van der Waals surface area contributed by atoms with E-state index in [-0.39, 0.29) is 0 Å². The molecular formula is C6H14N2Si. The summed E-state index contributed by atoms with van der Waals surface area (Å²) in [4.78, 5) is 0. The fourth-order valence-electron chi connectivity index (χ4n) is 0.695. The first-order valence-electron chi connectivity index (χ1n) is 3.19. The lowest BCUT2D eigenvalue weighted by atomic mass is 10.8. The third-order valence-electron chi connectivity index (χ3n) is 1.25. The van der Waals surface area contributed by atoms with Crippen molar-refractivity contribution in [1.29, 1.82) is 5.26 Å². The van der Waals surface area contributed by atoms with E-state index in [4.69, 9.17) is 5.26 Å². The van der Waals surface area contributed by atoms with Crippen LogP contribution < -0.4 is 0 Å². The van der Waals surface area contributed by atoms with Crippen molar-refractivity contribution in [2.45, 2.75) is 26.6 Å². The average Bonchev–Trinajstić information content (AvgIpc) is 1.65. The topological polar surface area (TPSA) is 27.0 Å². The van der Waals surface area contributed by atoms with E-state index >= 15 is 0 Å². The van der Waals surface area contributed by atoms with Crippen LogP contribution in [0.25, 0.3) is 0 Å². The molecule has 0 amide bonds. The fraction of sp³-hybridized carbons (Fsp3) is 0.833. The first-order valence-corrected chi connectivity index (χ1v) is 6.64. The minimum absolute atomic E-state index is 0.853. The summed E-state index contributed by atoms with van der Waals surface area (Å²) in [5, 5.41) is 8.57. The summed E-state index contributed by atoms with van der Waals surface area (Å²) >= 11 is 0. The highest BCUT2D eigenvalue weighted by atomic mass is 28.3. The highest BCUT2D eigenvalue weighted by molar-refractivity contribution is 6.73. The van der Waals surface area contributed by atoms with Gasteiger partial charge in [0.2, 0.25) is 0 Å². The maximum absolute atomic E-state index is 8.57. The Morgan fingerprint density at radius 3 is 1.89 bits per heavy atom. The van der Waals surface area contributed by atoms with Gasteiger partial charge in [-0.2, -0.15) is 5.26 Å². The van der Waals surface area contributed by atoms with E-state index in [1.807, 2.05) is 11.5 Å². The maximum atomic E-state index is 8.57. The summed E-state index contributed by atoms with van der Waals surface area (Å²) in [5.41, 5.74) is 0. The summed E-state index contributed by atoms with van der Waals surface area (Å²) < 4.78 is 1.88. The van der Waals surface area contributed by atoms with Crippen molar-refractivity contribution in [3.63, 3.8) is 0 Å². The zero-order valence-electron chi connectivity index (χ0n) is 6.60. The quantitative estimate of drug-likeness (QED) is 0.333. The molecule has 0 aromatic heterocycles. The molecule has 0 bridgehead atoms. The molecule has 0 spiro atoms. The van der Waals surface area contributed by atoms with E-state index < -0.39 is 8.24 Å². The van der Waals surface area contributed by atoms with Crippen LogP contribution in [-0.4, -0.2) is 19.3 Å². The van der Waals surface area contributed by atoms with Crippen LogP contribution in [0.3, 0.4) is 0 Å². The van der Waals surface area contributed by atoms with E-state index in [2.05, 4.69) is 25.8 Å². The standard InChI is InChI=1S/C6H14N2Si/c1-5-8(6-7)9(2,3)4/h5H2,1-4H3. The summed E-state index contributed by atoms with van der Waals surface area (Å²) in [6.07, 6.45) is 2.19. The van der Waals surface area contributed by atoms with Crippen molar-refractivity contribution in [1.82, 2.24) is 4.57 Å². The van der Waals surface area contributed by atoms with Gasteiger partial charge in [-0.05, 0) is 6.92 Å². The molecule has 0 aromatic rings. The molecule has 0 atom stereocenters. The molecule has 3 heteroatoms. The molecule has 2 nitrogen and oxygen atoms in total. The van der Waals surface area contributed by atoms with Crippen LogP contribution in [0.5, 0.6) is 0 Å². The summed E-state index contributed by atoms with van der Waals surface area (Å²) in [5.74, 6) is 0. The minimum atomic E-state index is -1.31. The van der Waals surface area contributed by atoms with Gasteiger partial charge in [0.25, 0.3) is 0 Å². The molecule has 0 N–H and O–H groups in total. The van der Waals surface area contributed by atoms with Crippen LogP contribution >= 0.6 is 0 Å². The molecule has 0 unspecified atom stereocenters. The Labute approximate surface area is 58.2 Å². The van der Waals surface area contributed by atoms with Crippen LogP contribution in [0.15, 0.2) is 0 Å². The minimum Gasteiger partial charge on any atom is -0.338 e. The lowest BCUT2D eigenvalue weighted by Gasteiger charge is -2.26. The fourth-order valence-corrected chi connectivity index (χ4v) is 1.94. The third kappa shape index (κ3) is 2.52. The molecule has 0 aliphatic carbocycles. The second kappa shape index (κ2) is 2.88. The van der Waals surface area contributed by atoms with Gasteiger partial charge in [0, 0.05) is 6.54 Å². The molecule has 0 radical (unpaired) electrons. The van der Waals surface area contributed by atoms with Crippen molar-refractivity contribution in [2.75, 3.05) is 6.54 Å². The molecule has 0 aromatic carbocycles. The largest absolute Gasteiger partial charge is 0.338 e. The number of rotatable bonds is 2. The molecular weight excluding hydrogens is 128 g/mol. The summed E-state index contributed by atoms with van der Waals surface area (Å²) in [7, 11) is -1.31. The highest BCUT2D eigenvalue weighted by Crippen LogP contribution is 2.05. The Kier molecular flexibility index (Phi) is 2.72. The molecule has 0 saturated carbocycles. The van der Waals surface area contributed by atoms with Crippen molar-refractivity contribution < 1.29 is 0 Å². The van der Waals surface area contributed by atoms with Gasteiger partial charge in [-0.15, -0.1) is 0 Å². The Morgan fingerprint density at radius 1 is 1.44 bits per heavy atom. The van der Waals surface area contributed by atoms with Crippen LogP contribution in [0.1, 0.15) is 6.92 Å². The zero-order valence-corrected chi connectivity index (χ0v) is 7.60. The Balaban J connectivity index is 4.00. The van der Waals surface area contributed by atoms with Gasteiger partial charge in [-0.25, -0.2) is 0 Å². The lowest BCUT2D eigenvalue weighted by molar-refractivity contribution is 0.613. The number of hydrogen-bond donors (Lipinski definition) is 0. The van der Waals surface area contributed by atoms with Crippen LogP contribution in [0, 0.1) is 11.5 Å². The molecule has 9 heavy (non-hydrogen) atoms. The monoisotopic (exact) mass is 142 g/mol. The van der Waals surface area contributed by atoms with Gasteiger partial charge < -0.3 is 4.57 Å². The van der Waals surface area contributed by atoms with Crippen molar-refractivity contribution in [3.05, 3.63) is 0 Å². The van der Waals surface area contributed by atoms with E-state index in [1.165, 1.54) is 0 Å². The zero-order chi connectivity index (χ0) is 7.49. The van der Waals surface area contributed by atoms with Crippen LogP contribution in [0.4, 0.5) is 0 Å². The molecule has 52 valence electrons. The first kappa shape index (κ1) is 8.51. The third-order valence-corrected chi connectivity index (χ3v) is 3.28. The Bertz CT molecular complexity index is 120. The van der Waals surface area contributed by atoms with Gasteiger partial charge in [-0.3, -0.25) is 0 Å². The van der Waals surface area contributed by atoms with E-state index in [1.54, 1.807) is 0 Å². The van der Waals surface area contributed by atoms with Crippen LogP contribution in [-0.2, 0) is 0 Å². The van der Waals surface area contributed by atoms with Gasteiger partial charge >= 0.3 is 0 Å². The van der Waals surface area contributed by atoms with Crippen LogP contribution in [0.2, 0.25) is 19.6 Å². The molecule has 0 saturated heterocycles. The lowest BCUT2D eigenvalue weighted by Crippen LogP contribution is -2.42. The summed E-state index contributed by atoms with van der Waals surface area (Å²) in [6, 6.07) is 0. The Morgan fingerprint density at radius 2 is 1.89 bits per heavy atom. The number of hydrogen-bond acceptors (Lipinski definition) is 2. The van der Waals surface area contributed by atoms with Crippen molar-refractivity contribution in [2.24, 2.45) is 0 Å². The second-order valence-corrected chi connectivity index (χ2v) is 7.90. The maximum Gasteiger partial charge on any atom is 0.170 e. The molecule has 0 heterocycles. The van der Waals surface area contributed by atoms with E-state index in [9.17, 15) is 0 Å². The first-order chi connectivity index (χ1) is 4.02. The number of nitrogens with zero attached hydrogens (tertiary/aromatic N) is 2.